The van der Waals surface area contributed by atoms with Gasteiger partial charge in [-0.1, -0.05) is 0 Å². The Morgan fingerprint density at radius 3 is 2.47 bits per heavy atom. The SMILES string of the molecule is Cc1c(C)c2c(c(C)c1O)CC[C@@](C)([C]=O)O2. The Kier molecular flexibility index (Phi) is 2.64. The lowest BCUT2D eigenvalue weighted by atomic mass is 9.88. The van der Waals surface area contributed by atoms with Crippen molar-refractivity contribution < 1.29 is 14.6 Å². The first-order chi connectivity index (χ1) is 7.89. The summed E-state index contributed by atoms with van der Waals surface area (Å²) in [4.78, 5) is 10.9. The molecule has 1 aliphatic heterocycles. The van der Waals surface area contributed by atoms with Crippen LogP contribution in [0, 0.1) is 20.8 Å². The molecule has 0 saturated heterocycles. The van der Waals surface area contributed by atoms with Crippen molar-refractivity contribution in [3.63, 3.8) is 0 Å². The van der Waals surface area contributed by atoms with Crippen molar-refractivity contribution in [1.82, 2.24) is 0 Å². The summed E-state index contributed by atoms with van der Waals surface area (Å²) in [7, 11) is 0. The predicted molar refractivity (Wildman–Crippen MR) is 65.4 cm³/mol. The number of hydrogen-bond acceptors (Lipinski definition) is 3. The highest BCUT2D eigenvalue weighted by Gasteiger charge is 2.35. The Bertz CT molecular complexity index is 491. The van der Waals surface area contributed by atoms with Gasteiger partial charge in [-0.15, -0.1) is 0 Å². The molecule has 1 radical (unpaired) electrons. The monoisotopic (exact) mass is 233 g/mol. The quantitative estimate of drug-likeness (QED) is 0.810. The Balaban J connectivity index is 2.63. The average Bonchev–Trinajstić information content (AvgIpc) is 2.33. The third kappa shape index (κ3) is 1.70. The third-order valence-corrected chi connectivity index (χ3v) is 3.74. The highest BCUT2D eigenvalue weighted by Crippen LogP contribution is 2.42. The molecule has 1 N–H and O–H groups in total. The fraction of sp³-hybridized carbons (Fsp3) is 0.500. The number of rotatable bonds is 1. The second-order valence-electron chi connectivity index (χ2n) is 4.97. The van der Waals surface area contributed by atoms with Gasteiger partial charge in [0.15, 0.2) is 5.60 Å². The van der Waals surface area contributed by atoms with Gasteiger partial charge in [0.2, 0.25) is 6.29 Å². The molecule has 0 aromatic heterocycles. The Hall–Kier alpha value is -1.51. The molecule has 1 aromatic carbocycles. The first-order valence-corrected chi connectivity index (χ1v) is 5.79. The average molecular weight is 233 g/mol. The fourth-order valence-electron chi connectivity index (χ4n) is 2.32. The number of aromatic hydroxyl groups is 1. The zero-order chi connectivity index (χ0) is 12.8. The standard InChI is InChI=1S/C14H17O3/c1-8-9(2)13-11(10(3)12(8)16)5-6-14(4,7-15)17-13/h16H,5-6H2,1-4H3/t14-/m0/s1. The van der Waals surface area contributed by atoms with Gasteiger partial charge in [0.1, 0.15) is 11.5 Å². The predicted octanol–water partition coefficient (Wildman–Crippen LogP) is 2.51. The maximum atomic E-state index is 10.9. The van der Waals surface area contributed by atoms with E-state index in [1.54, 1.807) is 6.92 Å². The molecule has 3 nitrogen and oxygen atoms in total. The van der Waals surface area contributed by atoms with Crippen molar-refractivity contribution in [2.24, 2.45) is 0 Å². The largest absolute Gasteiger partial charge is 0.507 e. The van der Waals surface area contributed by atoms with Crippen LogP contribution in [0.3, 0.4) is 0 Å². The number of fused-ring (bicyclic) bond motifs is 1. The molecule has 2 rings (SSSR count). The van der Waals surface area contributed by atoms with E-state index in [-0.39, 0.29) is 0 Å². The maximum absolute atomic E-state index is 10.9. The van der Waals surface area contributed by atoms with E-state index in [2.05, 4.69) is 0 Å². The van der Waals surface area contributed by atoms with Gasteiger partial charge in [0, 0.05) is 5.56 Å². The minimum absolute atomic E-state index is 0.337. The lowest BCUT2D eigenvalue weighted by Gasteiger charge is -2.33. The number of phenols is 1. The molecule has 0 saturated carbocycles. The summed E-state index contributed by atoms with van der Waals surface area (Å²) in [5.41, 5.74) is 2.74. The summed E-state index contributed by atoms with van der Waals surface area (Å²) in [6.07, 6.45) is 3.31. The zero-order valence-corrected chi connectivity index (χ0v) is 10.7. The number of hydrogen-bond donors (Lipinski definition) is 1. The van der Waals surface area contributed by atoms with Crippen LogP contribution in [0.5, 0.6) is 11.5 Å². The zero-order valence-electron chi connectivity index (χ0n) is 10.7. The topological polar surface area (TPSA) is 46.5 Å². The van der Waals surface area contributed by atoms with Gasteiger partial charge in [0.05, 0.1) is 0 Å². The number of benzene rings is 1. The van der Waals surface area contributed by atoms with Gasteiger partial charge in [0.25, 0.3) is 0 Å². The molecule has 3 heteroatoms. The number of carbonyl (C=O) groups excluding carboxylic acids is 1. The van der Waals surface area contributed by atoms with E-state index in [0.717, 1.165) is 34.4 Å². The molecular weight excluding hydrogens is 216 g/mol. The highest BCUT2D eigenvalue weighted by atomic mass is 16.5. The lowest BCUT2D eigenvalue weighted by molar-refractivity contribution is 0.128. The van der Waals surface area contributed by atoms with E-state index in [4.69, 9.17) is 4.74 Å². The molecule has 1 atom stereocenters. The summed E-state index contributed by atoms with van der Waals surface area (Å²) < 4.78 is 5.78. The Morgan fingerprint density at radius 1 is 1.24 bits per heavy atom. The molecule has 91 valence electrons. The van der Waals surface area contributed by atoms with Gasteiger partial charge in [-0.2, -0.15) is 0 Å². The summed E-state index contributed by atoms with van der Waals surface area (Å²) in [5.74, 6) is 1.08. The van der Waals surface area contributed by atoms with E-state index < -0.39 is 5.60 Å². The van der Waals surface area contributed by atoms with Gasteiger partial charge >= 0.3 is 0 Å². The maximum Gasteiger partial charge on any atom is 0.245 e. The van der Waals surface area contributed by atoms with Crippen LogP contribution in [0.25, 0.3) is 0 Å². The molecule has 0 aliphatic carbocycles. The Labute approximate surface area is 101 Å². The number of ether oxygens (including phenoxy) is 1. The normalized spacial score (nSPS) is 22.8. The van der Waals surface area contributed by atoms with Crippen LogP contribution < -0.4 is 4.74 Å². The molecule has 1 heterocycles. The van der Waals surface area contributed by atoms with E-state index in [1.807, 2.05) is 27.1 Å². The van der Waals surface area contributed by atoms with E-state index in [1.165, 1.54) is 0 Å². The van der Waals surface area contributed by atoms with E-state index in [9.17, 15) is 9.90 Å². The summed E-state index contributed by atoms with van der Waals surface area (Å²) in [6, 6.07) is 0. The van der Waals surface area contributed by atoms with Crippen LogP contribution in [0.15, 0.2) is 0 Å². The molecule has 1 aliphatic rings. The van der Waals surface area contributed by atoms with E-state index >= 15 is 0 Å². The van der Waals surface area contributed by atoms with Crippen molar-refractivity contribution in [3.05, 3.63) is 22.3 Å². The summed E-state index contributed by atoms with van der Waals surface area (Å²) in [6.45, 7) is 7.40. The molecule has 0 unspecified atom stereocenters. The molecule has 0 spiro atoms. The molecule has 0 bridgehead atoms. The van der Waals surface area contributed by atoms with Gasteiger partial charge in [-0.05, 0) is 57.2 Å². The van der Waals surface area contributed by atoms with Crippen molar-refractivity contribution in [3.8, 4) is 11.5 Å². The molecule has 0 amide bonds. The van der Waals surface area contributed by atoms with Crippen LogP contribution in [-0.4, -0.2) is 17.0 Å². The van der Waals surface area contributed by atoms with Crippen LogP contribution in [0.2, 0.25) is 0 Å². The first kappa shape index (κ1) is 12.0. The highest BCUT2D eigenvalue weighted by molar-refractivity contribution is 5.67. The Morgan fingerprint density at radius 2 is 1.88 bits per heavy atom. The van der Waals surface area contributed by atoms with Crippen LogP contribution in [0.4, 0.5) is 0 Å². The first-order valence-electron chi connectivity index (χ1n) is 5.79. The van der Waals surface area contributed by atoms with Gasteiger partial charge in [-0.25, -0.2) is 0 Å². The second kappa shape index (κ2) is 3.76. The van der Waals surface area contributed by atoms with Crippen molar-refractivity contribution in [2.45, 2.75) is 46.1 Å². The van der Waals surface area contributed by atoms with Crippen LogP contribution >= 0.6 is 0 Å². The van der Waals surface area contributed by atoms with Crippen LogP contribution in [0.1, 0.15) is 35.6 Å². The summed E-state index contributed by atoms with van der Waals surface area (Å²) in [5, 5.41) is 10.00. The molecule has 1 aromatic rings. The smallest absolute Gasteiger partial charge is 0.245 e. The third-order valence-electron chi connectivity index (χ3n) is 3.74. The van der Waals surface area contributed by atoms with E-state index in [0.29, 0.717) is 12.2 Å². The molecule has 0 fully saturated rings. The minimum Gasteiger partial charge on any atom is -0.507 e. The number of phenolic OH excluding ortho intramolecular Hbond substituents is 1. The molecule has 17 heavy (non-hydrogen) atoms. The fourth-order valence-corrected chi connectivity index (χ4v) is 2.32. The van der Waals surface area contributed by atoms with Crippen molar-refractivity contribution in [2.75, 3.05) is 0 Å². The summed E-state index contributed by atoms with van der Waals surface area (Å²) >= 11 is 0. The van der Waals surface area contributed by atoms with Crippen molar-refractivity contribution in [1.29, 1.82) is 0 Å². The second-order valence-corrected chi connectivity index (χ2v) is 4.97. The van der Waals surface area contributed by atoms with Gasteiger partial charge < -0.3 is 9.84 Å². The van der Waals surface area contributed by atoms with Crippen LogP contribution in [-0.2, 0) is 11.2 Å². The van der Waals surface area contributed by atoms with Crippen molar-refractivity contribution >= 4 is 6.29 Å². The molecular formula is C14H17O3. The van der Waals surface area contributed by atoms with Gasteiger partial charge in [-0.3, -0.25) is 4.79 Å². The minimum atomic E-state index is -0.854. The lowest BCUT2D eigenvalue weighted by Crippen LogP contribution is -2.38.